The molecule has 0 atom stereocenters. The van der Waals surface area contributed by atoms with E-state index in [0.717, 1.165) is 11.3 Å². The van der Waals surface area contributed by atoms with Crippen LogP contribution in [-0.2, 0) is 10.0 Å². The van der Waals surface area contributed by atoms with Crippen molar-refractivity contribution >= 4 is 33.4 Å². The van der Waals surface area contributed by atoms with E-state index >= 15 is 0 Å². The molecule has 0 heterocycles. The minimum atomic E-state index is -3.75. The second-order valence-corrected chi connectivity index (χ2v) is 10.7. The average molecular weight is 433 g/mol. The molecule has 29 heavy (non-hydrogen) atoms. The van der Waals surface area contributed by atoms with Gasteiger partial charge >= 0.3 is 0 Å². The van der Waals surface area contributed by atoms with Gasteiger partial charge in [-0.3, -0.25) is 9.10 Å². The van der Waals surface area contributed by atoms with E-state index in [1.807, 2.05) is 18.7 Å². The molecule has 0 unspecified atom stereocenters. The van der Waals surface area contributed by atoms with Crippen LogP contribution in [0.4, 0.5) is 5.69 Å². The third kappa shape index (κ3) is 5.34. The molecule has 1 aliphatic rings. The molecule has 1 saturated carbocycles. The SMILES string of the molecule is Cc1ccc(S(=O)(=O)N(C)c2ccccc2C(=O)NCCSC2CCCC2)cc1. The summed E-state index contributed by atoms with van der Waals surface area (Å²) >= 11 is 1.91. The van der Waals surface area contributed by atoms with Gasteiger partial charge in [0.2, 0.25) is 0 Å². The van der Waals surface area contributed by atoms with Gasteiger partial charge in [0.05, 0.1) is 16.1 Å². The number of hydrogen-bond donors (Lipinski definition) is 1. The quantitative estimate of drug-likeness (QED) is 0.634. The number of hydrogen-bond acceptors (Lipinski definition) is 4. The van der Waals surface area contributed by atoms with Crippen molar-refractivity contribution in [3.05, 3.63) is 59.7 Å². The third-order valence-corrected chi connectivity index (χ3v) is 8.38. The van der Waals surface area contributed by atoms with Crippen molar-refractivity contribution in [1.82, 2.24) is 5.32 Å². The highest BCUT2D eigenvalue weighted by Gasteiger charge is 2.25. The summed E-state index contributed by atoms with van der Waals surface area (Å²) in [6.45, 7) is 2.48. The van der Waals surface area contributed by atoms with Crippen molar-refractivity contribution < 1.29 is 13.2 Å². The van der Waals surface area contributed by atoms with E-state index in [0.29, 0.717) is 23.0 Å². The molecule has 2 aromatic rings. The molecule has 1 fully saturated rings. The van der Waals surface area contributed by atoms with Crippen molar-refractivity contribution in [3.8, 4) is 0 Å². The van der Waals surface area contributed by atoms with Crippen molar-refractivity contribution in [2.75, 3.05) is 23.7 Å². The minimum absolute atomic E-state index is 0.203. The summed E-state index contributed by atoms with van der Waals surface area (Å²) in [5, 5.41) is 3.65. The van der Waals surface area contributed by atoms with Gasteiger partial charge in [0.25, 0.3) is 15.9 Å². The van der Waals surface area contributed by atoms with E-state index in [4.69, 9.17) is 0 Å². The monoisotopic (exact) mass is 432 g/mol. The number of carbonyl (C=O) groups excluding carboxylic acids is 1. The Bertz CT molecular complexity index is 937. The number of para-hydroxylation sites is 1. The zero-order valence-electron chi connectivity index (χ0n) is 16.9. The van der Waals surface area contributed by atoms with Gasteiger partial charge in [0.1, 0.15) is 0 Å². The second kappa shape index (κ2) is 9.67. The molecule has 0 radical (unpaired) electrons. The first-order chi connectivity index (χ1) is 13.9. The lowest BCUT2D eigenvalue weighted by molar-refractivity contribution is 0.0957. The molecule has 1 N–H and O–H groups in total. The van der Waals surface area contributed by atoms with Crippen LogP contribution >= 0.6 is 11.8 Å². The molecule has 0 bridgehead atoms. The molecule has 3 rings (SSSR count). The van der Waals surface area contributed by atoms with Gasteiger partial charge in [0.15, 0.2) is 0 Å². The lowest BCUT2D eigenvalue weighted by Gasteiger charge is -2.22. The largest absolute Gasteiger partial charge is 0.351 e. The zero-order chi connectivity index (χ0) is 20.9. The lowest BCUT2D eigenvalue weighted by atomic mass is 10.1. The van der Waals surface area contributed by atoms with Crippen LogP contribution in [0, 0.1) is 6.92 Å². The normalized spacial score (nSPS) is 14.7. The van der Waals surface area contributed by atoms with Crippen LogP contribution in [-0.4, -0.2) is 38.9 Å². The Morgan fingerprint density at radius 3 is 2.45 bits per heavy atom. The van der Waals surface area contributed by atoms with Crippen molar-refractivity contribution in [3.63, 3.8) is 0 Å². The van der Waals surface area contributed by atoms with Crippen LogP contribution in [0.25, 0.3) is 0 Å². The number of anilines is 1. The fourth-order valence-electron chi connectivity index (χ4n) is 3.48. The van der Waals surface area contributed by atoms with Gasteiger partial charge in [-0.05, 0) is 44.0 Å². The summed E-state index contributed by atoms with van der Waals surface area (Å²) < 4.78 is 27.2. The lowest BCUT2D eigenvalue weighted by Crippen LogP contribution is -2.31. The van der Waals surface area contributed by atoms with Crippen LogP contribution in [0.15, 0.2) is 53.4 Å². The Morgan fingerprint density at radius 2 is 1.76 bits per heavy atom. The summed E-state index contributed by atoms with van der Waals surface area (Å²) in [4.78, 5) is 12.9. The fraction of sp³-hybridized carbons (Fsp3) is 0.409. The molecule has 0 saturated heterocycles. The first-order valence-corrected chi connectivity index (χ1v) is 12.4. The molecule has 7 heteroatoms. The molecule has 5 nitrogen and oxygen atoms in total. The van der Waals surface area contributed by atoms with Gasteiger partial charge < -0.3 is 5.32 Å². The Morgan fingerprint density at radius 1 is 1.10 bits per heavy atom. The highest BCUT2D eigenvalue weighted by atomic mass is 32.2. The first kappa shape index (κ1) is 21.7. The number of carbonyl (C=O) groups is 1. The van der Waals surface area contributed by atoms with Crippen LogP contribution in [0.3, 0.4) is 0 Å². The molecule has 156 valence electrons. The number of rotatable bonds is 8. The van der Waals surface area contributed by atoms with E-state index < -0.39 is 10.0 Å². The minimum Gasteiger partial charge on any atom is -0.351 e. The average Bonchev–Trinajstić information content (AvgIpc) is 3.24. The van der Waals surface area contributed by atoms with E-state index in [2.05, 4.69) is 5.32 Å². The summed E-state index contributed by atoms with van der Waals surface area (Å²) in [5.74, 6) is 0.620. The van der Waals surface area contributed by atoms with Crippen molar-refractivity contribution in [1.29, 1.82) is 0 Å². The third-order valence-electron chi connectivity index (χ3n) is 5.21. The first-order valence-electron chi connectivity index (χ1n) is 9.94. The molecular weight excluding hydrogens is 404 g/mol. The fourth-order valence-corrected chi connectivity index (χ4v) is 5.91. The van der Waals surface area contributed by atoms with E-state index in [9.17, 15) is 13.2 Å². The van der Waals surface area contributed by atoms with Crippen LogP contribution in [0.5, 0.6) is 0 Å². The van der Waals surface area contributed by atoms with Gasteiger partial charge in [0, 0.05) is 24.6 Å². The molecule has 1 amide bonds. The van der Waals surface area contributed by atoms with Crippen LogP contribution in [0.2, 0.25) is 0 Å². The molecule has 2 aromatic carbocycles. The predicted octanol–water partition coefficient (Wildman–Crippen LogP) is 4.23. The second-order valence-electron chi connectivity index (χ2n) is 7.34. The standard InChI is InChI=1S/C22H28N2O3S2/c1-17-11-13-19(14-12-17)29(26,27)24(2)21-10-6-5-9-20(21)22(25)23-15-16-28-18-7-3-4-8-18/h5-6,9-14,18H,3-4,7-8,15-16H2,1-2H3,(H,23,25). The van der Waals surface area contributed by atoms with Gasteiger partial charge in [-0.15, -0.1) is 0 Å². The Balaban J connectivity index is 1.70. The van der Waals surface area contributed by atoms with Crippen molar-refractivity contribution in [2.24, 2.45) is 0 Å². The number of nitrogens with zero attached hydrogens (tertiary/aromatic N) is 1. The van der Waals surface area contributed by atoms with Crippen LogP contribution in [0.1, 0.15) is 41.6 Å². The maximum absolute atomic E-state index is 13.0. The smallest absolute Gasteiger partial charge is 0.264 e. The molecule has 0 aromatic heterocycles. The summed E-state index contributed by atoms with van der Waals surface area (Å²) in [5.41, 5.74) is 1.72. The summed E-state index contributed by atoms with van der Waals surface area (Å²) in [7, 11) is -2.27. The molecular formula is C22H28N2O3S2. The molecule has 0 aliphatic heterocycles. The Kier molecular flexibility index (Phi) is 7.24. The maximum Gasteiger partial charge on any atom is 0.264 e. The number of sulfonamides is 1. The van der Waals surface area contributed by atoms with E-state index in [-0.39, 0.29) is 10.8 Å². The van der Waals surface area contributed by atoms with Crippen LogP contribution < -0.4 is 9.62 Å². The molecule has 0 spiro atoms. The topological polar surface area (TPSA) is 66.5 Å². The Labute approximate surface area is 177 Å². The van der Waals surface area contributed by atoms with Gasteiger partial charge in [-0.1, -0.05) is 42.7 Å². The predicted molar refractivity (Wildman–Crippen MR) is 120 cm³/mol. The maximum atomic E-state index is 13.0. The van der Waals surface area contributed by atoms with E-state index in [1.165, 1.54) is 37.0 Å². The Hall–Kier alpha value is -1.99. The summed E-state index contributed by atoms with van der Waals surface area (Å²) in [6, 6.07) is 13.5. The number of nitrogens with one attached hydrogen (secondary N) is 1. The molecule has 1 aliphatic carbocycles. The van der Waals surface area contributed by atoms with E-state index in [1.54, 1.807) is 48.5 Å². The number of benzene rings is 2. The summed E-state index contributed by atoms with van der Waals surface area (Å²) in [6.07, 6.45) is 5.14. The van der Waals surface area contributed by atoms with Gasteiger partial charge in [-0.25, -0.2) is 8.42 Å². The number of amides is 1. The zero-order valence-corrected chi connectivity index (χ0v) is 18.6. The highest BCUT2D eigenvalue weighted by molar-refractivity contribution is 7.99. The van der Waals surface area contributed by atoms with Gasteiger partial charge in [-0.2, -0.15) is 11.8 Å². The number of thioether (sulfide) groups is 1. The highest BCUT2D eigenvalue weighted by Crippen LogP contribution is 2.29. The van der Waals surface area contributed by atoms with Crippen molar-refractivity contribution in [2.45, 2.75) is 42.8 Å². The number of aryl methyl sites for hydroxylation is 1.